The molecule has 0 heterocycles. The van der Waals surface area contributed by atoms with Gasteiger partial charge in [-0.05, 0) is 25.2 Å². The first kappa shape index (κ1) is 24.1. The van der Waals surface area contributed by atoms with E-state index in [1.165, 1.54) is 12.8 Å². The summed E-state index contributed by atoms with van der Waals surface area (Å²) >= 11 is 0. The SMILES string of the molecule is CCCCCCCC([O-])=NCN(CCCO)CCC(=O)O.[Na+]. The van der Waals surface area contributed by atoms with Crippen LogP contribution in [0.25, 0.3) is 0 Å². The topological polar surface area (TPSA) is 96.2 Å². The summed E-state index contributed by atoms with van der Waals surface area (Å²) in [5.41, 5.74) is 0. The second-order valence-corrected chi connectivity index (χ2v) is 5.20. The number of carbonyl (C=O) groups is 1. The zero-order valence-electron chi connectivity index (χ0n) is 14.1. The third kappa shape index (κ3) is 16.2. The molecule has 0 rings (SSSR count). The van der Waals surface area contributed by atoms with E-state index < -0.39 is 5.97 Å². The number of aliphatic hydroxyl groups is 1. The van der Waals surface area contributed by atoms with Gasteiger partial charge in [0.2, 0.25) is 0 Å². The Kier molecular flexibility index (Phi) is 18.9. The van der Waals surface area contributed by atoms with E-state index in [2.05, 4.69) is 11.9 Å². The van der Waals surface area contributed by atoms with Gasteiger partial charge in [0, 0.05) is 19.7 Å². The van der Waals surface area contributed by atoms with E-state index >= 15 is 0 Å². The molecule has 2 N–H and O–H groups in total. The van der Waals surface area contributed by atoms with Crippen LogP contribution in [0.5, 0.6) is 0 Å². The number of aliphatic hydroxyl groups excluding tert-OH is 1. The van der Waals surface area contributed by atoms with Crippen molar-refractivity contribution in [2.24, 2.45) is 4.99 Å². The Labute approximate surface area is 155 Å². The fraction of sp³-hybridized carbons (Fsp3) is 0.867. The van der Waals surface area contributed by atoms with Crippen molar-refractivity contribution >= 4 is 11.9 Å². The van der Waals surface area contributed by atoms with Crippen LogP contribution in [-0.4, -0.2) is 53.3 Å². The first-order valence-corrected chi connectivity index (χ1v) is 7.85. The third-order valence-electron chi connectivity index (χ3n) is 3.22. The van der Waals surface area contributed by atoms with Crippen LogP contribution < -0.4 is 34.7 Å². The molecule has 124 valence electrons. The molecule has 0 aliphatic heterocycles. The van der Waals surface area contributed by atoms with Gasteiger partial charge < -0.3 is 15.3 Å². The summed E-state index contributed by atoms with van der Waals surface area (Å²) in [6.07, 6.45) is 6.52. The van der Waals surface area contributed by atoms with E-state index in [4.69, 9.17) is 10.2 Å². The molecule has 6 nitrogen and oxygen atoms in total. The molecule has 0 spiro atoms. The molecule has 0 unspecified atom stereocenters. The van der Waals surface area contributed by atoms with Crippen LogP contribution in [0.2, 0.25) is 0 Å². The van der Waals surface area contributed by atoms with E-state index in [1.807, 2.05) is 0 Å². The van der Waals surface area contributed by atoms with Gasteiger partial charge in [-0.2, -0.15) is 0 Å². The summed E-state index contributed by atoms with van der Waals surface area (Å²) in [5.74, 6) is -0.984. The van der Waals surface area contributed by atoms with Crippen LogP contribution >= 0.6 is 0 Å². The van der Waals surface area contributed by atoms with Gasteiger partial charge in [-0.3, -0.25) is 14.7 Å². The Hall–Kier alpha value is -0.140. The van der Waals surface area contributed by atoms with Gasteiger partial charge in [0.15, 0.2) is 0 Å². The van der Waals surface area contributed by atoms with Gasteiger partial charge in [0.05, 0.1) is 13.1 Å². The third-order valence-corrected chi connectivity index (χ3v) is 3.22. The number of hydrogen-bond donors (Lipinski definition) is 2. The van der Waals surface area contributed by atoms with E-state index in [9.17, 15) is 9.90 Å². The molecule has 0 aromatic rings. The zero-order chi connectivity index (χ0) is 15.9. The summed E-state index contributed by atoms with van der Waals surface area (Å²) in [4.78, 5) is 16.3. The smallest absolute Gasteiger partial charge is 0.862 e. The molecule has 22 heavy (non-hydrogen) atoms. The normalized spacial score (nSPS) is 11.5. The molecule has 0 aromatic heterocycles. The average molecular weight is 324 g/mol. The van der Waals surface area contributed by atoms with Gasteiger partial charge in [0.1, 0.15) is 0 Å². The van der Waals surface area contributed by atoms with Crippen molar-refractivity contribution in [1.82, 2.24) is 4.90 Å². The minimum atomic E-state index is -0.869. The standard InChI is InChI=1S/C15H30N2O4.Na/c1-2-3-4-5-6-8-14(19)16-13-17(10-7-12-18)11-9-15(20)21;/h18H,2-13H2,1H3,(H,16,19)(H,20,21);/q;+1/p-1. The molecule has 0 aliphatic carbocycles. The van der Waals surface area contributed by atoms with Crippen molar-refractivity contribution in [2.75, 3.05) is 26.4 Å². The predicted molar refractivity (Wildman–Crippen MR) is 81.2 cm³/mol. The first-order chi connectivity index (χ1) is 10.1. The van der Waals surface area contributed by atoms with Crippen molar-refractivity contribution in [1.29, 1.82) is 0 Å². The minimum absolute atomic E-state index is 0. The van der Waals surface area contributed by atoms with Gasteiger partial charge >= 0.3 is 35.5 Å². The maximum atomic E-state index is 11.6. The second kappa shape index (κ2) is 17.2. The Balaban J connectivity index is 0. The molecule has 0 radical (unpaired) electrons. The summed E-state index contributed by atoms with van der Waals surface area (Å²) in [6.45, 7) is 3.33. The van der Waals surface area contributed by atoms with E-state index in [-0.39, 0.29) is 55.2 Å². The number of carboxylic acids is 1. The fourth-order valence-electron chi connectivity index (χ4n) is 1.94. The largest absolute Gasteiger partial charge is 1.00 e. The Morgan fingerprint density at radius 1 is 1.09 bits per heavy atom. The quantitative estimate of drug-likeness (QED) is 0.171. The number of unbranched alkanes of at least 4 members (excludes halogenated alkanes) is 4. The zero-order valence-corrected chi connectivity index (χ0v) is 16.1. The van der Waals surface area contributed by atoms with Crippen LogP contribution in [0, 0.1) is 0 Å². The number of rotatable bonds is 14. The molecule has 0 saturated heterocycles. The van der Waals surface area contributed by atoms with Crippen molar-refractivity contribution in [3.63, 3.8) is 0 Å². The molecule has 0 saturated carbocycles. The Morgan fingerprint density at radius 3 is 2.36 bits per heavy atom. The monoisotopic (exact) mass is 324 g/mol. The number of hydrogen-bond acceptors (Lipinski definition) is 5. The van der Waals surface area contributed by atoms with E-state index in [0.29, 0.717) is 25.9 Å². The molecule has 0 bridgehead atoms. The van der Waals surface area contributed by atoms with Crippen molar-refractivity contribution in [3.8, 4) is 0 Å². The van der Waals surface area contributed by atoms with Crippen molar-refractivity contribution in [2.45, 2.75) is 58.3 Å². The Morgan fingerprint density at radius 2 is 1.77 bits per heavy atom. The number of aliphatic carboxylic acids is 1. The van der Waals surface area contributed by atoms with Gasteiger partial charge in [-0.15, -0.1) is 0 Å². The maximum Gasteiger partial charge on any atom is 1.00 e. The molecular formula is C15H29N2NaO4. The predicted octanol–water partition coefficient (Wildman–Crippen LogP) is -1.77. The van der Waals surface area contributed by atoms with Gasteiger partial charge in [-0.1, -0.05) is 32.6 Å². The molecule has 0 aliphatic rings. The van der Waals surface area contributed by atoms with Crippen LogP contribution in [0.4, 0.5) is 0 Å². The van der Waals surface area contributed by atoms with Gasteiger partial charge in [-0.25, -0.2) is 0 Å². The first-order valence-electron chi connectivity index (χ1n) is 7.85. The van der Waals surface area contributed by atoms with Crippen LogP contribution in [0.3, 0.4) is 0 Å². The van der Waals surface area contributed by atoms with Crippen molar-refractivity contribution in [3.05, 3.63) is 0 Å². The average Bonchev–Trinajstić information content (AvgIpc) is 2.46. The number of aliphatic imine (C=N–C) groups is 1. The van der Waals surface area contributed by atoms with E-state index in [1.54, 1.807) is 4.90 Å². The molecule has 0 amide bonds. The van der Waals surface area contributed by atoms with Gasteiger partial charge in [0.25, 0.3) is 0 Å². The second-order valence-electron chi connectivity index (χ2n) is 5.20. The van der Waals surface area contributed by atoms with Crippen molar-refractivity contribution < 1.29 is 49.7 Å². The minimum Gasteiger partial charge on any atom is -0.862 e. The summed E-state index contributed by atoms with van der Waals surface area (Å²) in [6, 6.07) is 0. The summed E-state index contributed by atoms with van der Waals surface area (Å²) < 4.78 is 0. The van der Waals surface area contributed by atoms with Crippen LogP contribution in [0.1, 0.15) is 58.3 Å². The maximum absolute atomic E-state index is 11.6. The Bertz CT molecular complexity index is 301. The van der Waals surface area contributed by atoms with Crippen LogP contribution in [-0.2, 0) is 4.79 Å². The number of nitrogens with zero attached hydrogens (tertiary/aromatic N) is 2. The molecule has 0 atom stereocenters. The number of carboxylic acid groups (broad SMARTS) is 1. The van der Waals surface area contributed by atoms with Crippen LogP contribution in [0.15, 0.2) is 4.99 Å². The molecule has 7 heteroatoms. The van der Waals surface area contributed by atoms with E-state index in [0.717, 1.165) is 19.3 Å². The molecule has 0 fully saturated rings. The summed E-state index contributed by atoms with van der Waals surface area (Å²) in [5, 5.41) is 29.1. The molecule has 0 aromatic carbocycles. The molecular weight excluding hydrogens is 295 g/mol. The summed E-state index contributed by atoms with van der Waals surface area (Å²) in [7, 11) is 0. The fourth-order valence-corrected chi connectivity index (χ4v) is 1.94.